The lowest BCUT2D eigenvalue weighted by molar-refractivity contribution is 0.373. The highest BCUT2D eigenvalue weighted by Crippen LogP contribution is 2.30. The molecule has 0 aliphatic heterocycles. The first-order valence-corrected chi connectivity index (χ1v) is 7.41. The van der Waals surface area contributed by atoms with Crippen molar-refractivity contribution in [2.45, 2.75) is 19.9 Å². The largest absolute Gasteiger partial charge is 0.367 e. The van der Waals surface area contributed by atoms with Crippen molar-refractivity contribution in [1.29, 1.82) is 5.26 Å². The van der Waals surface area contributed by atoms with E-state index in [0.29, 0.717) is 6.04 Å². The van der Waals surface area contributed by atoms with Gasteiger partial charge in [0.05, 0.1) is 11.6 Å². The lowest BCUT2D eigenvalue weighted by atomic mass is 10.0. The molecular weight excluding hydrogens is 258 g/mol. The molecule has 0 spiro atoms. The Bertz CT molecular complexity index is 655. The Hall–Kier alpha value is -2.05. The third-order valence-corrected chi connectivity index (χ3v) is 3.83. The fraction of sp³-hybridized carbons (Fsp3) is 0.389. The summed E-state index contributed by atoms with van der Waals surface area (Å²) in [7, 11) is 4.20. The van der Waals surface area contributed by atoms with Crippen LogP contribution in [0.4, 0.5) is 5.69 Å². The lowest BCUT2D eigenvalue weighted by Crippen LogP contribution is -2.40. The minimum Gasteiger partial charge on any atom is -0.367 e. The fourth-order valence-corrected chi connectivity index (χ4v) is 2.98. The van der Waals surface area contributed by atoms with Gasteiger partial charge in [-0.25, -0.2) is 0 Å². The van der Waals surface area contributed by atoms with Crippen molar-refractivity contribution in [3.8, 4) is 6.07 Å². The quantitative estimate of drug-likeness (QED) is 0.840. The van der Waals surface area contributed by atoms with Crippen LogP contribution in [-0.2, 0) is 0 Å². The molecule has 21 heavy (non-hydrogen) atoms. The molecule has 3 heteroatoms. The molecule has 2 rings (SSSR count). The lowest BCUT2D eigenvalue weighted by Gasteiger charge is -2.33. The van der Waals surface area contributed by atoms with E-state index in [4.69, 9.17) is 0 Å². The van der Waals surface area contributed by atoms with Gasteiger partial charge in [-0.2, -0.15) is 5.26 Å². The monoisotopic (exact) mass is 281 g/mol. The average molecular weight is 281 g/mol. The molecule has 1 unspecified atom stereocenters. The number of fused-ring (bicyclic) bond motifs is 1. The Labute approximate surface area is 127 Å². The molecule has 0 heterocycles. The second-order valence-electron chi connectivity index (χ2n) is 5.69. The van der Waals surface area contributed by atoms with Crippen molar-refractivity contribution in [2.75, 3.05) is 32.1 Å². The zero-order valence-electron chi connectivity index (χ0n) is 13.3. The predicted molar refractivity (Wildman–Crippen MR) is 89.7 cm³/mol. The first kappa shape index (κ1) is 15.3. The van der Waals surface area contributed by atoms with Gasteiger partial charge in [-0.15, -0.1) is 0 Å². The van der Waals surface area contributed by atoms with E-state index >= 15 is 0 Å². The van der Waals surface area contributed by atoms with Crippen LogP contribution < -0.4 is 4.90 Å². The Kier molecular flexibility index (Phi) is 4.82. The van der Waals surface area contributed by atoms with E-state index in [1.54, 1.807) is 0 Å². The maximum Gasteiger partial charge on any atom is 0.0998 e. The van der Waals surface area contributed by atoms with Crippen LogP contribution in [0.5, 0.6) is 0 Å². The van der Waals surface area contributed by atoms with E-state index in [2.05, 4.69) is 55.9 Å². The number of rotatable bonds is 5. The van der Waals surface area contributed by atoms with Crippen LogP contribution in [0.25, 0.3) is 10.8 Å². The second-order valence-corrected chi connectivity index (χ2v) is 5.69. The van der Waals surface area contributed by atoms with Gasteiger partial charge in [-0.3, -0.25) is 0 Å². The van der Waals surface area contributed by atoms with E-state index in [-0.39, 0.29) is 0 Å². The Balaban J connectivity index is 2.52. The molecule has 0 amide bonds. The van der Waals surface area contributed by atoms with Crippen molar-refractivity contribution in [3.63, 3.8) is 0 Å². The Morgan fingerprint density at radius 2 is 1.76 bits per heavy atom. The van der Waals surface area contributed by atoms with Gasteiger partial charge in [0.1, 0.15) is 0 Å². The normalized spacial score (nSPS) is 12.4. The van der Waals surface area contributed by atoms with Gasteiger partial charge in [0.15, 0.2) is 0 Å². The minimum atomic E-state index is 0.418. The summed E-state index contributed by atoms with van der Waals surface area (Å²) in [5, 5.41) is 11.5. The number of nitriles is 1. The first-order chi connectivity index (χ1) is 10.1. The fourth-order valence-electron chi connectivity index (χ4n) is 2.98. The van der Waals surface area contributed by atoms with E-state index in [1.165, 1.54) is 5.69 Å². The maximum atomic E-state index is 9.28. The molecule has 0 radical (unpaired) electrons. The van der Waals surface area contributed by atoms with Crippen molar-refractivity contribution in [1.82, 2.24) is 4.90 Å². The van der Waals surface area contributed by atoms with Gasteiger partial charge < -0.3 is 9.80 Å². The number of likely N-dealkylation sites (N-methyl/N-ethyl adjacent to an activating group) is 2. The second kappa shape index (κ2) is 6.60. The van der Waals surface area contributed by atoms with E-state index in [9.17, 15) is 5.26 Å². The highest BCUT2D eigenvalue weighted by atomic mass is 15.2. The Morgan fingerprint density at radius 3 is 2.33 bits per heavy atom. The molecule has 3 nitrogen and oxygen atoms in total. The summed E-state index contributed by atoms with van der Waals surface area (Å²) < 4.78 is 0. The molecule has 0 fully saturated rings. The van der Waals surface area contributed by atoms with Crippen LogP contribution in [0.15, 0.2) is 36.4 Å². The van der Waals surface area contributed by atoms with Crippen LogP contribution in [-0.4, -0.2) is 38.1 Å². The smallest absolute Gasteiger partial charge is 0.0998 e. The van der Waals surface area contributed by atoms with Crippen molar-refractivity contribution < 1.29 is 0 Å². The zero-order chi connectivity index (χ0) is 15.4. The molecule has 0 aliphatic rings. The van der Waals surface area contributed by atoms with Gasteiger partial charge in [-0.1, -0.05) is 24.3 Å². The van der Waals surface area contributed by atoms with Crippen LogP contribution in [0, 0.1) is 11.3 Å². The highest BCUT2D eigenvalue weighted by molar-refractivity contribution is 5.97. The molecule has 0 aliphatic carbocycles. The van der Waals surface area contributed by atoms with Crippen LogP contribution in [0.3, 0.4) is 0 Å². The van der Waals surface area contributed by atoms with Crippen molar-refractivity contribution in [2.24, 2.45) is 0 Å². The average Bonchev–Trinajstić information content (AvgIpc) is 2.47. The summed E-state index contributed by atoms with van der Waals surface area (Å²) in [5.74, 6) is 0. The zero-order valence-corrected chi connectivity index (χ0v) is 13.3. The molecule has 0 saturated heterocycles. The minimum absolute atomic E-state index is 0.418. The van der Waals surface area contributed by atoms with Crippen molar-refractivity contribution >= 4 is 16.5 Å². The molecule has 0 saturated carbocycles. The molecule has 0 bridgehead atoms. The third-order valence-electron chi connectivity index (χ3n) is 3.83. The van der Waals surface area contributed by atoms with Crippen LogP contribution in [0.2, 0.25) is 0 Å². The predicted octanol–water partition coefficient (Wildman–Crippen LogP) is 3.49. The number of benzene rings is 2. The van der Waals surface area contributed by atoms with Gasteiger partial charge in [0.2, 0.25) is 0 Å². The molecule has 1 atom stereocenters. The topological polar surface area (TPSA) is 30.3 Å². The summed E-state index contributed by atoms with van der Waals surface area (Å²) in [6.45, 7) is 6.38. The third kappa shape index (κ3) is 3.17. The molecule has 110 valence electrons. The van der Waals surface area contributed by atoms with E-state index in [1.807, 2.05) is 24.3 Å². The summed E-state index contributed by atoms with van der Waals surface area (Å²) >= 11 is 0. The van der Waals surface area contributed by atoms with E-state index < -0.39 is 0 Å². The van der Waals surface area contributed by atoms with Gasteiger partial charge in [-0.05, 0) is 40.1 Å². The highest BCUT2D eigenvalue weighted by Gasteiger charge is 2.16. The summed E-state index contributed by atoms with van der Waals surface area (Å²) in [6, 6.07) is 14.9. The maximum absolute atomic E-state index is 9.28. The first-order valence-electron chi connectivity index (χ1n) is 7.41. The SMILES string of the molecule is CCN(c1ccc(C#N)c2ccccc12)C(C)CN(C)C. The molecule has 0 aromatic heterocycles. The van der Waals surface area contributed by atoms with Gasteiger partial charge in [0, 0.05) is 35.6 Å². The number of nitrogens with zero attached hydrogens (tertiary/aromatic N) is 3. The van der Waals surface area contributed by atoms with Crippen molar-refractivity contribution in [3.05, 3.63) is 42.0 Å². The van der Waals surface area contributed by atoms with Crippen LogP contribution in [0.1, 0.15) is 19.4 Å². The van der Waals surface area contributed by atoms with Gasteiger partial charge >= 0.3 is 0 Å². The number of anilines is 1. The summed E-state index contributed by atoms with van der Waals surface area (Å²) in [4.78, 5) is 4.61. The van der Waals surface area contributed by atoms with Gasteiger partial charge in [0.25, 0.3) is 0 Å². The van der Waals surface area contributed by atoms with E-state index in [0.717, 1.165) is 29.4 Å². The molecule has 2 aromatic rings. The molecule has 0 N–H and O–H groups in total. The molecule has 2 aromatic carbocycles. The number of hydrogen-bond donors (Lipinski definition) is 0. The molecular formula is C18H23N3. The summed E-state index contributed by atoms with van der Waals surface area (Å²) in [6.07, 6.45) is 0. The number of hydrogen-bond acceptors (Lipinski definition) is 3. The Morgan fingerprint density at radius 1 is 1.10 bits per heavy atom. The van der Waals surface area contributed by atoms with Crippen LogP contribution >= 0.6 is 0 Å². The standard InChI is InChI=1S/C18H23N3/c1-5-21(14(2)13-20(3)4)18-11-10-15(12-19)16-8-6-7-9-17(16)18/h6-11,14H,5,13H2,1-4H3. The summed E-state index contributed by atoms with van der Waals surface area (Å²) in [5.41, 5.74) is 1.95.